The van der Waals surface area contributed by atoms with Crippen molar-refractivity contribution < 1.29 is 4.39 Å². The molecule has 0 saturated carbocycles. The molecule has 0 radical (unpaired) electrons. The van der Waals surface area contributed by atoms with Gasteiger partial charge in [0.15, 0.2) is 5.82 Å². The van der Waals surface area contributed by atoms with Crippen LogP contribution in [0.25, 0.3) is 10.7 Å². The van der Waals surface area contributed by atoms with Crippen LogP contribution in [0, 0.1) is 5.82 Å². The molecule has 2 aromatic heterocycles. The molecule has 3 nitrogen and oxygen atoms in total. The number of aryl methyl sites for hydroxylation is 1. The molecule has 0 saturated heterocycles. The van der Waals surface area contributed by atoms with Crippen molar-refractivity contribution >= 4 is 11.3 Å². The zero-order chi connectivity index (χ0) is 14.7. The molecule has 0 aliphatic heterocycles. The Labute approximate surface area is 128 Å². The number of halogens is 1. The standard InChI is InChI=1S/C16H20FN3S/c1-2-8-18-10-11-5-3-7-13-14(11)20-16(21-13)15-12(17)6-4-9-19-15/h4,6,9,11,18H,2-3,5,7-8,10H2,1H3. The van der Waals surface area contributed by atoms with Gasteiger partial charge in [-0.05, 0) is 44.4 Å². The van der Waals surface area contributed by atoms with Crippen LogP contribution in [0.2, 0.25) is 0 Å². The quantitative estimate of drug-likeness (QED) is 0.855. The summed E-state index contributed by atoms with van der Waals surface area (Å²) in [6.45, 7) is 4.18. The first kappa shape index (κ1) is 14.6. The van der Waals surface area contributed by atoms with Crippen LogP contribution in [-0.4, -0.2) is 23.1 Å². The lowest BCUT2D eigenvalue weighted by Gasteiger charge is -2.21. The molecule has 1 aliphatic rings. The van der Waals surface area contributed by atoms with Gasteiger partial charge in [0.1, 0.15) is 10.7 Å². The zero-order valence-electron chi connectivity index (χ0n) is 12.2. The summed E-state index contributed by atoms with van der Waals surface area (Å²) in [5.74, 6) is 0.168. The molecule has 2 heterocycles. The van der Waals surface area contributed by atoms with E-state index in [0.29, 0.717) is 11.6 Å². The van der Waals surface area contributed by atoms with Crippen LogP contribution in [0.5, 0.6) is 0 Å². The summed E-state index contributed by atoms with van der Waals surface area (Å²) in [7, 11) is 0. The molecule has 2 aromatic rings. The van der Waals surface area contributed by atoms with Gasteiger partial charge in [0.25, 0.3) is 0 Å². The number of hydrogen-bond acceptors (Lipinski definition) is 4. The van der Waals surface area contributed by atoms with Gasteiger partial charge in [-0.2, -0.15) is 0 Å². The van der Waals surface area contributed by atoms with E-state index in [4.69, 9.17) is 4.98 Å². The molecule has 1 atom stereocenters. The third-order valence-corrected chi connectivity index (χ3v) is 4.99. The molecule has 0 amide bonds. The predicted molar refractivity (Wildman–Crippen MR) is 84.1 cm³/mol. The van der Waals surface area contributed by atoms with Crippen molar-refractivity contribution in [1.29, 1.82) is 0 Å². The summed E-state index contributed by atoms with van der Waals surface area (Å²) in [4.78, 5) is 10.2. The van der Waals surface area contributed by atoms with E-state index < -0.39 is 0 Å². The molecule has 3 rings (SSSR count). The first-order valence-electron chi connectivity index (χ1n) is 7.60. The summed E-state index contributed by atoms with van der Waals surface area (Å²) in [6, 6.07) is 3.06. The van der Waals surface area contributed by atoms with Gasteiger partial charge in [-0.15, -0.1) is 11.3 Å². The second kappa shape index (κ2) is 6.62. The van der Waals surface area contributed by atoms with Crippen molar-refractivity contribution in [1.82, 2.24) is 15.3 Å². The summed E-state index contributed by atoms with van der Waals surface area (Å²) >= 11 is 1.60. The molecule has 0 fully saturated rings. The Hall–Kier alpha value is -1.33. The number of nitrogens with zero attached hydrogens (tertiary/aromatic N) is 2. The maximum absolute atomic E-state index is 13.9. The fourth-order valence-corrected chi connectivity index (χ4v) is 3.99. The lowest BCUT2D eigenvalue weighted by Crippen LogP contribution is -2.24. The maximum Gasteiger partial charge on any atom is 0.151 e. The Bertz CT molecular complexity index is 611. The number of thiazole rings is 1. The molecule has 1 aliphatic carbocycles. The normalized spacial score (nSPS) is 17.7. The minimum Gasteiger partial charge on any atom is -0.316 e. The van der Waals surface area contributed by atoms with Crippen molar-refractivity contribution in [2.45, 2.75) is 38.5 Å². The Morgan fingerprint density at radius 2 is 2.38 bits per heavy atom. The average molecular weight is 305 g/mol. The molecule has 0 spiro atoms. The van der Waals surface area contributed by atoms with E-state index in [9.17, 15) is 4.39 Å². The molecular weight excluding hydrogens is 285 g/mol. The van der Waals surface area contributed by atoms with Gasteiger partial charge in [-0.25, -0.2) is 9.37 Å². The number of hydrogen-bond donors (Lipinski definition) is 1. The fourth-order valence-electron chi connectivity index (χ4n) is 2.80. The lowest BCUT2D eigenvalue weighted by atomic mass is 9.91. The van der Waals surface area contributed by atoms with E-state index in [1.807, 2.05) is 0 Å². The number of pyridine rings is 1. The van der Waals surface area contributed by atoms with Crippen molar-refractivity contribution in [2.24, 2.45) is 0 Å². The van der Waals surface area contributed by atoms with E-state index in [-0.39, 0.29) is 5.82 Å². The first-order chi connectivity index (χ1) is 10.3. The largest absolute Gasteiger partial charge is 0.316 e. The highest BCUT2D eigenvalue weighted by atomic mass is 32.1. The summed E-state index contributed by atoms with van der Waals surface area (Å²) in [5.41, 5.74) is 1.55. The van der Waals surface area contributed by atoms with Crippen molar-refractivity contribution in [3.8, 4) is 10.7 Å². The van der Waals surface area contributed by atoms with Gasteiger partial charge in [-0.3, -0.25) is 4.98 Å². The van der Waals surface area contributed by atoms with Gasteiger partial charge in [0, 0.05) is 23.5 Å². The molecule has 1 unspecified atom stereocenters. The molecule has 112 valence electrons. The van der Waals surface area contributed by atoms with Crippen LogP contribution in [0.4, 0.5) is 4.39 Å². The minimum absolute atomic E-state index is 0.288. The fraction of sp³-hybridized carbons (Fsp3) is 0.500. The van der Waals surface area contributed by atoms with Gasteiger partial charge in [0.05, 0.1) is 5.69 Å². The van der Waals surface area contributed by atoms with E-state index in [1.54, 1.807) is 23.6 Å². The molecule has 5 heteroatoms. The molecule has 0 bridgehead atoms. The molecular formula is C16H20FN3S. The number of aromatic nitrogens is 2. The van der Waals surface area contributed by atoms with Crippen molar-refractivity contribution in [3.05, 3.63) is 34.7 Å². The smallest absolute Gasteiger partial charge is 0.151 e. The first-order valence-corrected chi connectivity index (χ1v) is 8.42. The number of rotatable bonds is 5. The van der Waals surface area contributed by atoms with Crippen LogP contribution >= 0.6 is 11.3 Å². The zero-order valence-corrected chi connectivity index (χ0v) is 13.0. The van der Waals surface area contributed by atoms with E-state index in [1.165, 1.54) is 17.4 Å². The van der Waals surface area contributed by atoms with E-state index in [0.717, 1.165) is 43.1 Å². The summed E-state index contributed by atoms with van der Waals surface area (Å²) in [6.07, 6.45) is 6.18. The van der Waals surface area contributed by atoms with Crippen molar-refractivity contribution in [2.75, 3.05) is 13.1 Å². The van der Waals surface area contributed by atoms with E-state index >= 15 is 0 Å². The monoisotopic (exact) mass is 305 g/mol. The maximum atomic E-state index is 13.9. The van der Waals surface area contributed by atoms with Gasteiger partial charge in [-0.1, -0.05) is 6.92 Å². The summed E-state index contributed by atoms with van der Waals surface area (Å²) in [5, 5.41) is 4.20. The predicted octanol–water partition coefficient (Wildman–Crippen LogP) is 3.76. The SMILES string of the molecule is CCCNCC1CCCc2sc(-c3ncccc3F)nc21. The van der Waals surface area contributed by atoms with Crippen LogP contribution in [0.1, 0.15) is 42.7 Å². The number of fused-ring (bicyclic) bond motifs is 1. The van der Waals surface area contributed by atoms with Crippen LogP contribution < -0.4 is 5.32 Å². The van der Waals surface area contributed by atoms with Gasteiger partial charge >= 0.3 is 0 Å². The Morgan fingerprint density at radius 1 is 1.48 bits per heavy atom. The highest BCUT2D eigenvalue weighted by Crippen LogP contribution is 2.37. The lowest BCUT2D eigenvalue weighted by molar-refractivity contribution is 0.501. The molecule has 21 heavy (non-hydrogen) atoms. The molecule has 1 N–H and O–H groups in total. The van der Waals surface area contributed by atoms with Gasteiger partial charge in [0.2, 0.25) is 0 Å². The van der Waals surface area contributed by atoms with Crippen LogP contribution in [0.3, 0.4) is 0 Å². The van der Waals surface area contributed by atoms with Crippen LogP contribution in [-0.2, 0) is 6.42 Å². The number of nitrogens with one attached hydrogen (secondary N) is 1. The van der Waals surface area contributed by atoms with Crippen LogP contribution in [0.15, 0.2) is 18.3 Å². The highest BCUT2D eigenvalue weighted by molar-refractivity contribution is 7.15. The van der Waals surface area contributed by atoms with E-state index in [2.05, 4.69) is 17.2 Å². The highest BCUT2D eigenvalue weighted by Gasteiger charge is 2.25. The summed E-state index contributed by atoms with van der Waals surface area (Å²) < 4.78 is 13.9. The average Bonchev–Trinajstić information content (AvgIpc) is 2.92. The topological polar surface area (TPSA) is 37.8 Å². The second-order valence-electron chi connectivity index (χ2n) is 5.45. The van der Waals surface area contributed by atoms with Crippen molar-refractivity contribution in [3.63, 3.8) is 0 Å². The van der Waals surface area contributed by atoms with Gasteiger partial charge < -0.3 is 5.32 Å². The Kier molecular flexibility index (Phi) is 4.60. The third kappa shape index (κ3) is 3.14. The third-order valence-electron chi connectivity index (χ3n) is 3.85. The Balaban J connectivity index is 1.86. The Morgan fingerprint density at radius 3 is 3.19 bits per heavy atom. The second-order valence-corrected chi connectivity index (χ2v) is 6.54. The molecule has 0 aromatic carbocycles. The minimum atomic E-state index is -0.288.